The lowest BCUT2D eigenvalue weighted by molar-refractivity contribution is -0.122. The molecular weight excluding hydrogens is 470 g/mol. The van der Waals surface area contributed by atoms with E-state index in [4.69, 9.17) is 22.1 Å². The normalized spacial score (nSPS) is 25.1. The second-order valence-electron chi connectivity index (χ2n) is 9.12. The van der Waals surface area contributed by atoms with Crippen molar-refractivity contribution in [2.75, 3.05) is 36.1 Å². The molecule has 2 aliphatic carbocycles. The molecule has 2 aromatic rings. The highest BCUT2D eigenvalue weighted by atomic mass is 35.5. The summed E-state index contributed by atoms with van der Waals surface area (Å²) in [5.74, 6) is 0.911. The number of hydrogen-bond donors (Lipinski definition) is 4. The number of rotatable bonds is 7. The maximum Gasteiger partial charge on any atom is 0.238 e. The van der Waals surface area contributed by atoms with Gasteiger partial charge in [0, 0.05) is 18.3 Å². The molecule has 10 nitrogen and oxygen atoms in total. The van der Waals surface area contributed by atoms with E-state index in [0.29, 0.717) is 47.0 Å². The van der Waals surface area contributed by atoms with E-state index in [2.05, 4.69) is 43.0 Å². The van der Waals surface area contributed by atoms with E-state index >= 15 is 0 Å². The third-order valence-electron chi connectivity index (χ3n) is 6.99. The first-order valence-electron chi connectivity index (χ1n) is 11.6. The summed E-state index contributed by atoms with van der Waals surface area (Å²) in [6, 6.07) is 3.54. The number of likely N-dealkylation sites (N-methyl/N-ethyl adjacent to an activating group) is 1. The van der Waals surface area contributed by atoms with E-state index in [1.54, 1.807) is 7.11 Å². The number of fused-ring (bicyclic) bond motifs is 3. The number of amides is 2. The number of nitrogens with zero attached hydrogens (tertiary/aromatic N) is 3. The Hall–Kier alpha value is -3.37. The quantitative estimate of drug-likeness (QED) is 0.429. The highest BCUT2D eigenvalue weighted by molar-refractivity contribution is 6.32. The van der Waals surface area contributed by atoms with Crippen LogP contribution in [-0.4, -0.2) is 52.9 Å². The topological polar surface area (TPSA) is 134 Å². The number of carbonyl (C=O) groups excluding carboxylic acids is 2. The summed E-state index contributed by atoms with van der Waals surface area (Å²) in [7, 11) is 1.59. The van der Waals surface area contributed by atoms with E-state index in [1.165, 1.54) is 6.20 Å². The van der Waals surface area contributed by atoms with E-state index in [9.17, 15) is 9.59 Å². The van der Waals surface area contributed by atoms with Gasteiger partial charge in [0.1, 0.15) is 10.8 Å². The van der Waals surface area contributed by atoms with Crippen LogP contribution in [0.4, 0.5) is 23.1 Å². The Balaban J connectivity index is 1.41. The number of ether oxygens (including phenoxy) is 1. The van der Waals surface area contributed by atoms with Crippen molar-refractivity contribution in [2.24, 2.45) is 23.5 Å². The fourth-order valence-electron chi connectivity index (χ4n) is 5.26. The van der Waals surface area contributed by atoms with E-state index in [1.807, 2.05) is 19.1 Å². The first-order chi connectivity index (χ1) is 16.9. The second-order valence-corrected chi connectivity index (χ2v) is 9.53. The lowest BCUT2D eigenvalue weighted by atomic mass is 9.88. The van der Waals surface area contributed by atoms with E-state index in [0.717, 1.165) is 18.5 Å². The first-order valence-corrected chi connectivity index (χ1v) is 12.0. The molecule has 5 N–H and O–H groups in total. The minimum atomic E-state index is -0.332. The van der Waals surface area contributed by atoms with Crippen LogP contribution in [0.25, 0.3) is 0 Å². The van der Waals surface area contributed by atoms with Crippen molar-refractivity contribution in [3.05, 3.63) is 41.1 Å². The van der Waals surface area contributed by atoms with Gasteiger partial charge in [0.05, 0.1) is 31.5 Å². The summed E-state index contributed by atoms with van der Waals surface area (Å²) in [5, 5.41) is 9.81. The Morgan fingerprint density at radius 2 is 2.11 bits per heavy atom. The Kier molecular flexibility index (Phi) is 6.24. The summed E-state index contributed by atoms with van der Waals surface area (Å²) in [5.41, 5.74) is 7.95. The molecule has 3 aliphatic rings. The van der Waals surface area contributed by atoms with Crippen molar-refractivity contribution in [2.45, 2.75) is 25.9 Å². The van der Waals surface area contributed by atoms with Crippen LogP contribution >= 0.6 is 11.6 Å². The van der Waals surface area contributed by atoms with Crippen molar-refractivity contribution in [1.29, 1.82) is 0 Å². The van der Waals surface area contributed by atoms with Crippen molar-refractivity contribution in [3.8, 4) is 5.75 Å². The zero-order valence-corrected chi connectivity index (χ0v) is 20.3. The Morgan fingerprint density at radius 1 is 1.31 bits per heavy atom. The number of nitrogens with two attached hydrogens (primary N) is 1. The molecule has 35 heavy (non-hydrogen) atoms. The van der Waals surface area contributed by atoms with Gasteiger partial charge in [-0.3, -0.25) is 14.5 Å². The molecule has 2 amide bonds. The third kappa shape index (κ3) is 4.51. The van der Waals surface area contributed by atoms with E-state index in [-0.39, 0.29) is 35.6 Å². The van der Waals surface area contributed by atoms with Gasteiger partial charge in [-0.1, -0.05) is 30.7 Å². The number of carbonyl (C=O) groups is 2. The van der Waals surface area contributed by atoms with Crippen LogP contribution in [0.1, 0.15) is 18.9 Å². The highest BCUT2D eigenvalue weighted by Gasteiger charge is 2.47. The minimum absolute atomic E-state index is 0.0696. The van der Waals surface area contributed by atoms with Crippen LogP contribution in [0.5, 0.6) is 5.75 Å². The first kappa shape index (κ1) is 23.4. The molecule has 1 aromatic heterocycles. The largest absolute Gasteiger partial charge is 0.495 e. The van der Waals surface area contributed by atoms with Gasteiger partial charge in [-0.25, -0.2) is 4.98 Å². The minimum Gasteiger partial charge on any atom is -0.495 e. The number of hydrogen-bond acceptors (Lipinski definition) is 8. The SMILES string of the molecule is CCN1CC(=O)Nc2cc(Nc3ncc(Cl)c(NC4C5C=CC(C5)C4C(N)=O)n3)c(OC)cc2C1. The Bertz CT molecular complexity index is 1200. The van der Waals surface area contributed by atoms with Gasteiger partial charge in [0.25, 0.3) is 0 Å². The van der Waals surface area contributed by atoms with Gasteiger partial charge in [-0.2, -0.15) is 4.98 Å². The Labute approximate surface area is 208 Å². The van der Waals surface area contributed by atoms with Crippen LogP contribution in [-0.2, 0) is 16.1 Å². The highest BCUT2D eigenvalue weighted by Crippen LogP contribution is 2.45. The number of nitrogens with one attached hydrogen (secondary N) is 3. The summed E-state index contributed by atoms with van der Waals surface area (Å²) >= 11 is 6.40. The fraction of sp³-hybridized carbons (Fsp3) is 0.417. The average Bonchev–Trinajstić information content (AvgIpc) is 3.39. The molecule has 4 unspecified atom stereocenters. The van der Waals surface area contributed by atoms with Gasteiger partial charge in [0.2, 0.25) is 17.8 Å². The number of aromatic nitrogens is 2. The van der Waals surface area contributed by atoms with Crippen LogP contribution in [0.3, 0.4) is 0 Å². The van der Waals surface area contributed by atoms with Gasteiger partial charge < -0.3 is 26.4 Å². The summed E-state index contributed by atoms with van der Waals surface area (Å²) < 4.78 is 5.61. The number of halogens is 1. The van der Waals surface area contributed by atoms with Crippen molar-refractivity contribution in [1.82, 2.24) is 14.9 Å². The van der Waals surface area contributed by atoms with E-state index < -0.39 is 0 Å². The molecule has 0 radical (unpaired) electrons. The monoisotopic (exact) mass is 497 g/mol. The molecular formula is C24H28ClN7O3. The molecule has 0 saturated heterocycles. The van der Waals surface area contributed by atoms with Gasteiger partial charge in [0.15, 0.2) is 5.82 Å². The third-order valence-corrected chi connectivity index (χ3v) is 7.27. The fourth-order valence-corrected chi connectivity index (χ4v) is 5.41. The van der Waals surface area contributed by atoms with Crippen molar-refractivity contribution < 1.29 is 14.3 Å². The molecule has 4 atom stereocenters. The van der Waals surface area contributed by atoms with Crippen LogP contribution < -0.4 is 26.4 Å². The molecule has 2 bridgehead atoms. The maximum absolute atomic E-state index is 12.3. The smallest absolute Gasteiger partial charge is 0.238 e. The maximum atomic E-state index is 12.3. The number of allylic oxidation sites excluding steroid dienone is 1. The predicted molar refractivity (Wildman–Crippen MR) is 134 cm³/mol. The molecule has 11 heteroatoms. The molecule has 184 valence electrons. The summed E-state index contributed by atoms with van der Waals surface area (Å²) in [6.07, 6.45) is 6.56. The van der Waals surface area contributed by atoms with Crippen molar-refractivity contribution >= 4 is 46.6 Å². The van der Waals surface area contributed by atoms with Crippen LogP contribution in [0, 0.1) is 17.8 Å². The predicted octanol–water partition coefficient (Wildman–Crippen LogP) is 2.74. The number of primary amides is 1. The lowest BCUT2D eigenvalue weighted by Crippen LogP contribution is -2.41. The lowest BCUT2D eigenvalue weighted by Gasteiger charge is -2.27. The summed E-state index contributed by atoms with van der Waals surface area (Å²) in [6.45, 7) is 3.74. The molecule has 1 aromatic carbocycles. The molecule has 0 spiro atoms. The number of methoxy groups -OCH3 is 1. The second kappa shape index (κ2) is 9.35. The van der Waals surface area contributed by atoms with Crippen LogP contribution in [0.2, 0.25) is 5.02 Å². The molecule has 1 fully saturated rings. The molecule has 2 heterocycles. The van der Waals surface area contributed by atoms with Gasteiger partial charge in [-0.15, -0.1) is 0 Å². The summed E-state index contributed by atoms with van der Waals surface area (Å²) in [4.78, 5) is 35.3. The zero-order valence-electron chi connectivity index (χ0n) is 19.5. The standard InChI is InChI=1S/C24H28ClN7O3/c1-3-32-10-14-7-18(35-2)17(8-16(14)28-19(33)11-32)29-24-27-9-15(25)23(31-24)30-21-13-5-4-12(6-13)20(21)22(26)34/h4-5,7-9,12-13,20-21H,3,6,10-11H2,1-2H3,(H2,26,34)(H,28,33)(H2,27,29,30,31). The average molecular weight is 498 g/mol. The Morgan fingerprint density at radius 3 is 2.86 bits per heavy atom. The molecule has 1 aliphatic heterocycles. The number of benzene rings is 1. The zero-order chi connectivity index (χ0) is 24.7. The number of anilines is 4. The molecule has 1 saturated carbocycles. The van der Waals surface area contributed by atoms with Gasteiger partial charge >= 0.3 is 0 Å². The van der Waals surface area contributed by atoms with Crippen molar-refractivity contribution in [3.63, 3.8) is 0 Å². The van der Waals surface area contributed by atoms with Crippen LogP contribution in [0.15, 0.2) is 30.5 Å². The van der Waals surface area contributed by atoms with Gasteiger partial charge in [-0.05, 0) is 42.5 Å². The molecule has 5 rings (SSSR count).